The monoisotopic (exact) mass is 600 g/mol. The van der Waals surface area contributed by atoms with Gasteiger partial charge in [0.05, 0.1) is 12.3 Å². The molecule has 0 aliphatic carbocycles. The maximum absolute atomic E-state index is 14.7. The molecule has 2 heterocycles. The van der Waals surface area contributed by atoms with Crippen LogP contribution < -0.4 is 10.1 Å². The standard InChI is InChI=1S/C27H26F6N4O5/c1-4-6-13-25(27(31,32)33,40-15-17-11-8-7-9-12-17)23-37-36-22(42-23)20-19(34-24(38)39)14-18(26(28,29)30)21(35-20)41-16(3)10-5-2/h4-5,7-9,11-12,14,16,34H,1-2,6,10,13,15H2,3H3,(H,38,39)/t16-,25-/m1/s1. The zero-order valence-corrected chi connectivity index (χ0v) is 22.1. The summed E-state index contributed by atoms with van der Waals surface area (Å²) >= 11 is 0. The second kappa shape index (κ2) is 13.1. The Morgan fingerprint density at radius 3 is 2.38 bits per heavy atom. The third-order valence-corrected chi connectivity index (χ3v) is 5.81. The number of carboxylic acid groups (broad SMARTS) is 1. The lowest BCUT2D eigenvalue weighted by molar-refractivity contribution is -0.299. The quantitative estimate of drug-likeness (QED) is 0.153. The second-order valence-corrected chi connectivity index (χ2v) is 8.96. The van der Waals surface area contributed by atoms with E-state index >= 15 is 0 Å². The number of nitrogens with zero attached hydrogens (tertiary/aromatic N) is 3. The third-order valence-electron chi connectivity index (χ3n) is 5.81. The van der Waals surface area contributed by atoms with Crippen molar-refractivity contribution in [1.82, 2.24) is 15.2 Å². The number of hydrogen-bond donors (Lipinski definition) is 2. The first-order valence-electron chi connectivity index (χ1n) is 12.3. The highest BCUT2D eigenvalue weighted by atomic mass is 19.4. The number of anilines is 1. The number of rotatable bonds is 13. The van der Waals surface area contributed by atoms with Gasteiger partial charge >= 0.3 is 18.4 Å². The van der Waals surface area contributed by atoms with Crippen LogP contribution in [0.1, 0.15) is 43.2 Å². The summed E-state index contributed by atoms with van der Waals surface area (Å²) in [5, 5.41) is 18.1. The van der Waals surface area contributed by atoms with Gasteiger partial charge in [-0.15, -0.1) is 23.4 Å². The van der Waals surface area contributed by atoms with E-state index in [1.54, 1.807) is 35.6 Å². The molecule has 2 atom stereocenters. The van der Waals surface area contributed by atoms with Crippen LogP contribution in [0.15, 0.2) is 66.1 Å². The number of carbonyl (C=O) groups is 1. The van der Waals surface area contributed by atoms with Crippen LogP contribution in [0.25, 0.3) is 11.6 Å². The van der Waals surface area contributed by atoms with E-state index in [-0.39, 0.29) is 12.8 Å². The predicted octanol–water partition coefficient (Wildman–Crippen LogP) is 7.52. The van der Waals surface area contributed by atoms with Crippen molar-refractivity contribution >= 4 is 11.8 Å². The number of aromatic nitrogens is 3. The molecule has 0 aliphatic rings. The van der Waals surface area contributed by atoms with Crippen molar-refractivity contribution in [3.63, 3.8) is 0 Å². The van der Waals surface area contributed by atoms with Gasteiger partial charge in [0.15, 0.2) is 5.69 Å². The van der Waals surface area contributed by atoms with Crippen LogP contribution >= 0.6 is 0 Å². The fourth-order valence-corrected chi connectivity index (χ4v) is 3.79. The molecule has 226 valence electrons. The highest BCUT2D eigenvalue weighted by molar-refractivity contribution is 5.88. The summed E-state index contributed by atoms with van der Waals surface area (Å²) in [4.78, 5) is 15.1. The Morgan fingerprint density at radius 1 is 1.12 bits per heavy atom. The van der Waals surface area contributed by atoms with E-state index in [1.807, 2.05) is 0 Å². The minimum absolute atomic E-state index is 0.115. The summed E-state index contributed by atoms with van der Waals surface area (Å²) in [6, 6.07) is 8.32. The van der Waals surface area contributed by atoms with E-state index in [9.17, 15) is 36.2 Å². The first kappa shape index (κ1) is 32.1. The number of halogens is 6. The number of allylic oxidation sites excluding steroid dienone is 1. The lowest BCUT2D eigenvalue weighted by Gasteiger charge is -2.32. The lowest BCUT2D eigenvalue weighted by Crippen LogP contribution is -2.45. The van der Waals surface area contributed by atoms with E-state index in [0.29, 0.717) is 11.6 Å². The summed E-state index contributed by atoms with van der Waals surface area (Å²) in [6.45, 7) is 7.85. The van der Waals surface area contributed by atoms with Crippen molar-refractivity contribution in [3.05, 3.63) is 78.7 Å². The molecule has 3 aromatic rings. The van der Waals surface area contributed by atoms with Gasteiger partial charge in [-0.3, -0.25) is 5.32 Å². The average molecular weight is 601 g/mol. The molecule has 0 aliphatic heterocycles. The minimum atomic E-state index is -5.11. The van der Waals surface area contributed by atoms with E-state index in [4.69, 9.17) is 13.9 Å². The summed E-state index contributed by atoms with van der Waals surface area (Å²) < 4.78 is 102. The Balaban J connectivity index is 2.19. The van der Waals surface area contributed by atoms with Gasteiger partial charge in [0.2, 0.25) is 11.5 Å². The van der Waals surface area contributed by atoms with Gasteiger partial charge in [-0.05, 0) is 31.4 Å². The molecular formula is C27H26F6N4O5. The van der Waals surface area contributed by atoms with Crippen molar-refractivity contribution < 1.29 is 50.1 Å². The maximum atomic E-state index is 14.7. The van der Waals surface area contributed by atoms with Crippen LogP contribution in [-0.4, -0.2) is 38.7 Å². The predicted molar refractivity (Wildman–Crippen MR) is 137 cm³/mol. The van der Waals surface area contributed by atoms with Crippen molar-refractivity contribution in [1.29, 1.82) is 0 Å². The second-order valence-electron chi connectivity index (χ2n) is 8.96. The number of amides is 1. The molecule has 42 heavy (non-hydrogen) atoms. The minimum Gasteiger partial charge on any atom is -0.474 e. The molecule has 2 N–H and O–H groups in total. The number of alkyl halides is 6. The van der Waals surface area contributed by atoms with Gasteiger partial charge in [-0.25, -0.2) is 9.78 Å². The molecule has 0 unspecified atom stereocenters. The van der Waals surface area contributed by atoms with Crippen LogP contribution in [0, 0.1) is 0 Å². The van der Waals surface area contributed by atoms with Gasteiger partial charge in [0.1, 0.15) is 11.7 Å². The number of benzene rings is 1. The Kier molecular flexibility index (Phi) is 9.99. The van der Waals surface area contributed by atoms with Crippen LogP contribution in [0.4, 0.5) is 36.8 Å². The first-order chi connectivity index (χ1) is 19.7. The van der Waals surface area contributed by atoms with Crippen LogP contribution in [0.3, 0.4) is 0 Å². The van der Waals surface area contributed by atoms with Crippen LogP contribution in [-0.2, 0) is 23.1 Å². The van der Waals surface area contributed by atoms with Crippen molar-refractivity contribution in [3.8, 4) is 17.5 Å². The summed E-state index contributed by atoms with van der Waals surface area (Å²) in [5.74, 6) is -2.89. The molecule has 3 rings (SSSR count). The van der Waals surface area contributed by atoms with Gasteiger partial charge < -0.3 is 19.0 Å². The third kappa shape index (κ3) is 7.46. The molecule has 1 aromatic carbocycles. The fraction of sp³-hybridized carbons (Fsp3) is 0.333. The van der Waals surface area contributed by atoms with Crippen molar-refractivity contribution in [2.45, 2.75) is 56.9 Å². The zero-order chi connectivity index (χ0) is 31.1. The zero-order valence-electron chi connectivity index (χ0n) is 22.1. The number of ether oxygens (including phenoxy) is 2. The maximum Gasteiger partial charge on any atom is 0.426 e. The summed E-state index contributed by atoms with van der Waals surface area (Å²) in [5.41, 5.74) is -5.70. The molecule has 1 amide bonds. The Bertz CT molecular complexity index is 1390. The topological polar surface area (TPSA) is 120 Å². The van der Waals surface area contributed by atoms with Gasteiger partial charge in [0, 0.05) is 6.42 Å². The van der Waals surface area contributed by atoms with E-state index in [0.717, 1.165) is 0 Å². The Hall–Kier alpha value is -4.40. The molecule has 0 fully saturated rings. The van der Waals surface area contributed by atoms with Gasteiger partial charge in [0.25, 0.3) is 11.8 Å². The highest BCUT2D eigenvalue weighted by Crippen LogP contribution is 2.47. The molecule has 15 heteroatoms. The lowest BCUT2D eigenvalue weighted by atomic mass is 9.96. The Morgan fingerprint density at radius 2 is 1.81 bits per heavy atom. The molecule has 0 saturated carbocycles. The fourth-order valence-electron chi connectivity index (χ4n) is 3.79. The molecule has 0 radical (unpaired) electrons. The smallest absolute Gasteiger partial charge is 0.426 e. The van der Waals surface area contributed by atoms with Crippen LogP contribution in [0.5, 0.6) is 5.88 Å². The van der Waals surface area contributed by atoms with E-state index < -0.39 is 77.8 Å². The molecule has 2 aromatic heterocycles. The highest BCUT2D eigenvalue weighted by Gasteiger charge is 2.61. The molecule has 0 saturated heterocycles. The Labute approximate surface area is 235 Å². The molecular weight excluding hydrogens is 574 g/mol. The van der Waals surface area contributed by atoms with Crippen molar-refractivity contribution in [2.75, 3.05) is 5.32 Å². The molecule has 9 nitrogen and oxygen atoms in total. The summed E-state index contributed by atoms with van der Waals surface area (Å²) in [7, 11) is 0. The van der Waals surface area contributed by atoms with Crippen LogP contribution in [0.2, 0.25) is 0 Å². The van der Waals surface area contributed by atoms with Crippen molar-refractivity contribution in [2.24, 2.45) is 0 Å². The molecule has 0 spiro atoms. The molecule has 0 bridgehead atoms. The summed E-state index contributed by atoms with van der Waals surface area (Å²) in [6.07, 6.45) is -11.0. The SMILES string of the molecule is C=CCC[C@@](OCc1ccccc1)(c1nnc(-c2nc(O[C@H](C)CC=C)c(C(F)(F)F)cc2NC(=O)O)o1)C(F)(F)F. The van der Waals surface area contributed by atoms with E-state index in [2.05, 4.69) is 28.3 Å². The first-order valence-corrected chi connectivity index (χ1v) is 12.3. The largest absolute Gasteiger partial charge is 0.474 e. The van der Waals surface area contributed by atoms with Gasteiger partial charge in [-0.1, -0.05) is 42.5 Å². The normalized spacial score (nSPS) is 14.1. The van der Waals surface area contributed by atoms with E-state index in [1.165, 1.54) is 19.1 Å². The number of pyridine rings is 1. The van der Waals surface area contributed by atoms with Gasteiger partial charge in [-0.2, -0.15) is 26.3 Å². The number of nitrogens with one attached hydrogen (secondary N) is 1. The number of hydrogen-bond acceptors (Lipinski definition) is 7. The average Bonchev–Trinajstić information content (AvgIpc) is 3.39.